The van der Waals surface area contributed by atoms with Crippen LogP contribution >= 0.6 is 0 Å². The summed E-state index contributed by atoms with van der Waals surface area (Å²) >= 11 is 0. The largest absolute Gasteiger partial charge is 0.433 e. The van der Waals surface area contributed by atoms with Gasteiger partial charge in [-0.15, -0.1) is 0 Å². The molecule has 82 valence electrons. The zero-order chi connectivity index (χ0) is 11.0. The maximum absolute atomic E-state index is 11.1. The van der Waals surface area contributed by atoms with Gasteiger partial charge in [0, 0.05) is 18.2 Å². The molecule has 0 aromatic rings. The molecule has 0 aliphatic rings. The Labute approximate surface area is 85.1 Å². The highest BCUT2D eigenvalue weighted by atomic mass is 16.7. The Bertz CT molecular complexity index is 198. The Balaban J connectivity index is 3.92. The van der Waals surface area contributed by atoms with E-state index in [0.29, 0.717) is 18.7 Å². The molecule has 0 saturated heterocycles. The van der Waals surface area contributed by atoms with E-state index in [-0.39, 0.29) is 0 Å². The summed E-state index contributed by atoms with van der Waals surface area (Å²) in [7, 11) is 0. The van der Waals surface area contributed by atoms with Gasteiger partial charge in [-0.05, 0) is 13.3 Å². The topological polar surface area (TPSA) is 61.5 Å². The summed E-state index contributed by atoms with van der Waals surface area (Å²) in [4.78, 5) is 11.1. The fourth-order valence-corrected chi connectivity index (χ4v) is 0.834. The van der Waals surface area contributed by atoms with Crippen LogP contribution in [-0.4, -0.2) is 18.9 Å². The average Bonchev–Trinajstić information content (AvgIpc) is 2.10. The van der Waals surface area contributed by atoms with Gasteiger partial charge < -0.3 is 15.2 Å². The molecule has 0 fully saturated rings. The summed E-state index contributed by atoms with van der Waals surface area (Å²) in [5, 5.41) is 0. The molecule has 0 aliphatic carbocycles. The molecule has 0 amide bonds. The first-order valence-corrected chi connectivity index (χ1v) is 4.86. The fraction of sp³-hybridized carbons (Fsp3) is 0.700. The summed E-state index contributed by atoms with van der Waals surface area (Å²) in [5.41, 5.74) is 5.76. The molecule has 0 aromatic carbocycles. The van der Waals surface area contributed by atoms with E-state index in [2.05, 4.69) is 0 Å². The van der Waals surface area contributed by atoms with E-state index in [9.17, 15) is 4.79 Å². The number of ether oxygens (including phenoxy) is 2. The van der Waals surface area contributed by atoms with E-state index < -0.39 is 12.3 Å². The van der Waals surface area contributed by atoms with Crippen LogP contribution in [-0.2, 0) is 14.3 Å². The molecule has 0 heterocycles. The lowest BCUT2D eigenvalue weighted by atomic mass is 10.4. The predicted molar refractivity (Wildman–Crippen MR) is 54.4 cm³/mol. The monoisotopic (exact) mass is 201 g/mol. The average molecular weight is 201 g/mol. The Morgan fingerprint density at radius 2 is 2.14 bits per heavy atom. The van der Waals surface area contributed by atoms with E-state index in [1.165, 1.54) is 6.08 Å². The number of hydrogen-bond donors (Lipinski definition) is 1. The lowest BCUT2D eigenvalue weighted by molar-refractivity contribution is -0.173. The second-order valence-corrected chi connectivity index (χ2v) is 3.03. The first-order chi connectivity index (χ1) is 6.60. The normalized spacial score (nSPS) is 13.8. The molecule has 0 spiro atoms. The van der Waals surface area contributed by atoms with Crippen molar-refractivity contribution >= 4 is 5.97 Å². The minimum absolute atomic E-state index is 0.431. The molecule has 0 radical (unpaired) electrons. The Hall–Kier alpha value is -1.03. The van der Waals surface area contributed by atoms with E-state index in [1.807, 2.05) is 13.8 Å². The number of esters is 1. The Morgan fingerprint density at radius 3 is 2.57 bits per heavy atom. The molecule has 2 N–H and O–H groups in total. The quantitative estimate of drug-likeness (QED) is 0.402. The molecular weight excluding hydrogens is 182 g/mol. The third-order valence-corrected chi connectivity index (χ3v) is 1.43. The van der Waals surface area contributed by atoms with Crippen LogP contribution in [0.1, 0.15) is 33.6 Å². The predicted octanol–water partition coefficient (Wildman–Crippen LogP) is 1.55. The number of nitrogens with two attached hydrogens (primary N) is 1. The highest BCUT2D eigenvalue weighted by Crippen LogP contribution is 2.02. The zero-order valence-corrected chi connectivity index (χ0v) is 9.08. The number of carbonyl (C=O) groups excluding carboxylic acids is 1. The minimum atomic E-state index is -0.460. The van der Waals surface area contributed by atoms with Gasteiger partial charge in [0.25, 0.3) is 0 Å². The van der Waals surface area contributed by atoms with Gasteiger partial charge in [0.2, 0.25) is 6.29 Å². The second-order valence-electron chi connectivity index (χ2n) is 3.03. The van der Waals surface area contributed by atoms with Gasteiger partial charge in [0.1, 0.15) is 0 Å². The van der Waals surface area contributed by atoms with Gasteiger partial charge in [-0.25, -0.2) is 4.79 Å². The van der Waals surface area contributed by atoms with Crippen LogP contribution in [0.15, 0.2) is 11.8 Å². The molecule has 0 aromatic heterocycles. The van der Waals surface area contributed by atoms with Gasteiger partial charge in [-0.1, -0.05) is 13.8 Å². The van der Waals surface area contributed by atoms with Crippen molar-refractivity contribution in [1.82, 2.24) is 0 Å². The van der Waals surface area contributed by atoms with Crippen LogP contribution in [0.4, 0.5) is 0 Å². The van der Waals surface area contributed by atoms with Gasteiger partial charge in [0.15, 0.2) is 0 Å². The standard InChI is InChI=1S/C10H19NO3/c1-4-6-13-10(5-2)14-9(12)7-8(3)11/h7,10H,4-6,11H2,1-3H3. The van der Waals surface area contributed by atoms with E-state index in [0.717, 1.165) is 6.42 Å². The van der Waals surface area contributed by atoms with Crippen molar-refractivity contribution in [2.24, 2.45) is 5.73 Å². The molecular formula is C10H19NO3. The zero-order valence-electron chi connectivity index (χ0n) is 9.08. The first-order valence-electron chi connectivity index (χ1n) is 4.86. The smallest absolute Gasteiger partial charge is 0.334 e. The van der Waals surface area contributed by atoms with Crippen LogP contribution in [0.3, 0.4) is 0 Å². The summed E-state index contributed by atoms with van der Waals surface area (Å²) < 4.78 is 10.3. The summed E-state index contributed by atoms with van der Waals surface area (Å²) in [6.07, 6.45) is 2.33. The number of rotatable bonds is 6. The molecule has 1 atom stereocenters. The molecule has 0 saturated carbocycles. The fourth-order valence-electron chi connectivity index (χ4n) is 0.834. The molecule has 14 heavy (non-hydrogen) atoms. The van der Waals surface area contributed by atoms with Crippen LogP contribution in [0.5, 0.6) is 0 Å². The third kappa shape index (κ3) is 6.48. The van der Waals surface area contributed by atoms with Crippen LogP contribution < -0.4 is 5.73 Å². The SMILES string of the molecule is CCCOC(CC)OC(=O)C=C(C)N. The Kier molecular flexibility index (Phi) is 6.84. The second kappa shape index (κ2) is 7.38. The molecule has 1 unspecified atom stereocenters. The van der Waals surface area contributed by atoms with Crippen molar-refractivity contribution in [1.29, 1.82) is 0 Å². The van der Waals surface area contributed by atoms with Gasteiger partial charge in [-0.2, -0.15) is 0 Å². The molecule has 0 aliphatic heterocycles. The molecule has 4 heteroatoms. The van der Waals surface area contributed by atoms with Crippen molar-refractivity contribution in [3.8, 4) is 0 Å². The van der Waals surface area contributed by atoms with Gasteiger partial charge in [0.05, 0.1) is 6.61 Å². The third-order valence-electron chi connectivity index (χ3n) is 1.43. The van der Waals surface area contributed by atoms with Crippen molar-refractivity contribution in [2.45, 2.75) is 39.9 Å². The number of carbonyl (C=O) groups is 1. The number of allylic oxidation sites excluding steroid dienone is 1. The highest BCUT2D eigenvalue weighted by molar-refractivity contribution is 5.82. The van der Waals surface area contributed by atoms with Crippen molar-refractivity contribution in [3.05, 3.63) is 11.8 Å². The Morgan fingerprint density at radius 1 is 1.50 bits per heavy atom. The van der Waals surface area contributed by atoms with E-state index in [4.69, 9.17) is 15.2 Å². The van der Waals surface area contributed by atoms with Crippen LogP contribution in [0.2, 0.25) is 0 Å². The maximum atomic E-state index is 11.1. The van der Waals surface area contributed by atoms with E-state index in [1.54, 1.807) is 6.92 Å². The maximum Gasteiger partial charge on any atom is 0.334 e. The van der Waals surface area contributed by atoms with E-state index >= 15 is 0 Å². The molecule has 0 rings (SSSR count). The van der Waals surface area contributed by atoms with Crippen LogP contribution in [0.25, 0.3) is 0 Å². The lowest BCUT2D eigenvalue weighted by Crippen LogP contribution is -2.20. The highest BCUT2D eigenvalue weighted by Gasteiger charge is 2.10. The molecule has 4 nitrogen and oxygen atoms in total. The van der Waals surface area contributed by atoms with Crippen LogP contribution in [0, 0.1) is 0 Å². The summed E-state index contributed by atoms with van der Waals surface area (Å²) in [6, 6.07) is 0. The lowest BCUT2D eigenvalue weighted by Gasteiger charge is -2.15. The van der Waals surface area contributed by atoms with Crippen molar-refractivity contribution in [2.75, 3.05) is 6.61 Å². The van der Waals surface area contributed by atoms with Gasteiger partial charge in [-0.3, -0.25) is 0 Å². The minimum Gasteiger partial charge on any atom is -0.433 e. The summed E-state index contributed by atoms with van der Waals surface area (Å²) in [5.74, 6) is -0.451. The summed E-state index contributed by atoms with van der Waals surface area (Å²) in [6.45, 7) is 6.12. The van der Waals surface area contributed by atoms with Gasteiger partial charge >= 0.3 is 5.97 Å². The first kappa shape index (κ1) is 13.0. The van der Waals surface area contributed by atoms with Crippen molar-refractivity contribution < 1.29 is 14.3 Å². The van der Waals surface area contributed by atoms with Crippen molar-refractivity contribution in [3.63, 3.8) is 0 Å². The molecule has 0 bridgehead atoms. The number of hydrogen-bond acceptors (Lipinski definition) is 4.